The molecular formula is C16H23N3O4. The smallest absolute Gasteiger partial charge is 0.325 e. The Balaban J connectivity index is 2.45. The fraction of sp³-hybridized carbons (Fsp3) is 0.438. The van der Waals surface area contributed by atoms with Crippen LogP contribution < -0.4 is 11.2 Å². The number of aryl methyl sites for hydroxylation is 1. The van der Waals surface area contributed by atoms with Gasteiger partial charge in [0.05, 0.1) is 7.11 Å². The minimum absolute atomic E-state index is 0.0964. The van der Waals surface area contributed by atoms with Crippen LogP contribution in [0.15, 0.2) is 24.3 Å². The average Bonchev–Trinajstić information content (AvgIpc) is 2.56. The molecule has 3 N–H and O–H groups in total. The van der Waals surface area contributed by atoms with Gasteiger partial charge in [0.15, 0.2) is 0 Å². The van der Waals surface area contributed by atoms with Gasteiger partial charge >= 0.3 is 5.97 Å². The van der Waals surface area contributed by atoms with Gasteiger partial charge in [0.1, 0.15) is 6.54 Å². The maximum Gasteiger partial charge on any atom is 0.325 e. The number of nitrogens with two attached hydrogens (primary N) is 1. The first-order chi connectivity index (χ1) is 10.9. The van der Waals surface area contributed by atoms with E-state index in [1.54, 1.807) is 18.2 Å². The number of hydrazine groups is 1. The average molecular weight is 321 g/mol. The van der Waals surface area contributed by atoms with Gasteiger partial charge in [0, 0.05) is 19.0 Å². The predicted octanol–water partition coefficient (Wildman–Crippen LogP) is 0.634. The number of hydrogen-bond acceptors (Lipinski definition) is 5. The minimum atomic E-state index is -0.496. The van der Waals surface area contributed by atoms with Crippen molar-refractivity contribution in [2.24, 2.45) is 5.84 Å². The molecule has 0 heterocycles. The van der Waals surface area contributed by atoms with Crippen LogP contribution in [0.1, 0.15) is 35.2 Å². The Morgan fingerprint density at radius 3 is 2.65 bits per heavy atom. The van der Waals surface area contributed by atoms with Crippen molar-refractivity contribution in [3.8, 4) is 0 Å². The second-order valence-electron chi connectivity index (χ2n) is 5.17. The summed E-state index contributed by atoms with van der Waals surface area (Å²) in [6, 6.07) is 7.18. The van der Waals surface area contributed by atoms with Crippen LogP contribution >= 0.6 is 0 Å². The first-order valence-electron chi connectivity index (χ1n) is 7.39. The highest BCUT2D eigenvalue weighted by Crippen LogP contribution is 2.10. The molecule has 0 aliphatic carbocycles. The molecule has 0 spiro atoms. The SMILES string of the molecule is COC(=O)CNC(=O)c1cccc(CCCCC(=O)N(C)N)c1. The third kappa shape index (κ3) is 6.92. The van der Waals surface area contributed by atoms with Gasteiger partial charge in [-0.3, -0.25) is 19.4 Å². The van der Waals surface area contributed by atoms with E-state index < -0.39 is 5.97 Å². The zero-order chi connectivity index (χ0) is 17.2. The fourth-order valence-corrected chi connectivity index (χ4v) is 1.98. The number of rotatable bonds is 8. The van der Waals surface area contributed by atoms with Crippen molar-refractivity contribution in [2.45, 2.75) is 25.7 Å². The maximum atomic E-state index is 11.9. The van der Waals surface area contributed by atoms with Gasteiger partial charge in [-0.15, -0.1) is 0 Å². The standard InChI is InChI=1S/C16H23N3O4/c1-19(17)14(20)9-4-3-6-12-7-5-8-13(10-12)16(22)18-11-15(21)23-2/h5,7-8,10H,3-4,6,9,11,17H2,1-2H3,(H,18,22). The molecule has 0 atom stereocenters. The number of esters is 1. The molecule has 0 bridgehead atoms. The molecule has 1 aromatic carbocycles. The van der Waals surface area contributed by atoms with E-state index >= 15 is 0 Å². The fourth-order valence-electron chi connectivity index (χ4n) is 1.98. The van der Waals surface area contributed by atoms with Crippen molar-refractivity contribution in [3.63, 3.8) is 0 Å². The zero-order valence-corrected chi connectivity index (χ0v) is 13.5. The molecule has 1 aromatic rings. The van der Waals surface area contributed by atoms with Crippen LogP contribution in [0.5, 0.6) is 0 Å². The molecule has 0 aliphatic rings. The lowest BCUT2D eigenvalue weighted by Crippen LogP contribution is -2.32. The molecule has 0 fully saturated rings. The Kier molecular flexibility index (Phi) is 7.76. The lowest BCUT2D eigenvalue weighted by Gasteiger charge is -2.09. The molecule has 7 nitrogen and oxygen atoms in total. The summed E-state index contributed by atoms with van der Waals surface area (Å²) in [5.74, 6) is 4.43. The molecule has 0 aliphatic heterocycles. The first kappa shape index (κ1) is 18.6. The molecule has 23 heavy (non-hydrogen) atoms. The van der Waals surface area contributed by atoms with Crippen LogP contribution in [0, 0.1) is 0 Å². The van der Waals surface area contributed by atoms with Gasteiger partial charge in [0.2, 0.25) is 5.91 Å². The Morgan fingerprint density at radius 2 is 2.00 bits per heavy atom. The largest absolute Gasteiger partial charge is 0.468 e. The second kappa shape index (κ2) is 9.58. The van der Waals surface area contributed by atoms with Crippen molar-refractivity contribution in [1.29, 1.82) is 0 Å². The molecule has 0 radical (unpaired) electrons. The molecule has 0 aromatic heterocycles. The number of benzene rings is 1. The second-order valence-corrected chi connectivity index (χ2v) is 5.17. The van der Waals surface area contributed by atoms with E-state index in [-0.39, 0.29) is 18.4 Å². The van der Waals surface area contributed by atoms with Gasteiger partial charge in [-0.1, -0.05) is 12.1 Å². The van der Waals surface area contributed by atoms with E-state index in [0.29, 0.717) is 12.0 Å². The number of nitrogens with zero attached hydrogens (tertiary/aromatic N) is 1. The van der Waals surface area contributed by atoms with Crippen LogP contribution in [0.3, 0.4) is 0 Å². The summed E-state index contributed by atoms with van der Waals surface area (Å²) in [6.45, 7) is -0.158. The Morgan fingerprint density at radius 1 is 1.26 bits per heavy atom. The predicted molar refractivity (Wildman–Crippen MR) is 85.3 cm³/mol. The number of carbonyl (C=O) groups excluding carboxylic acids is 3. The van der Waals surface area contributed by atoms with Gasteiger partial charge < -0.3 is 10.1 Å². The molecule has 2 amide bonds. The van der Waals surface area contributed by atoms with E-state index in [9.17, 15) is 14.4 Å². The van der Waals surface area contributed by atoms with Crippen molar-refractivity contribution < 1.29 is 19.1 Å². The maximum absolute atomic E-state index is 11.9. The van der Waals surface area contributed by atoms with Crippen LogP contribution in [0.4, 0.5) is 0 Å². The minimum Gasteiger partial charge on any atom is -0.468 e. The number of hydrogen-bond donors (Lipinski definition) is 2. The van der Waals surface area contributed by atoms with Crippen molar-refractivity contribution in [1.82, 2.24) is 10.3 Å². The normalized spacial score (nSPS) is 10.0. The summed E-state index contributed by atoms with van der Waals surface area (Å²) in [7, 11) is 2.79. The van der Waals surface area contributed by atoms with E-state index in [0.717, 1.165) is 29.8 Å². The molecule has 0 saturated carbocycles. The summed E-state index contributed by atoms with van der Waals surface area (Å²) in [6.07, 6.45) is 2.73. The van der Waals surface area contributed by atoms with E-state index in [1.165, 1.54) is 14.2 Å². The summed E-state index contributed by atoms with van der Waals surface area (Å²) in [5.41, 5.74) is 1.49. The number of carbonyl (C=O) groups is 3. The Bertz CT molecular complexity index is 558. The van der Waals surface area contributed by atoms with Crippen LogP contribution in [-0.4, -0.2) is 43.5 Å². The molecule has 0 unspecified atom stereocenters. The highest BCUT2D eigenvalue weighted by atomic mass is 16.5. The molecular weight excluding hydrogens is 298 g/mol. The summed E-state index contributed by atoms with van der Waals surface area (Å²) < 4.78 is 4.47. The van der Waals surface area contributed by atoms with Crippen molar-refractivity contribution in [3.05, 3.63) is 35.4 Å². The number of methoxy groups -OCH3 is 1. The van der Waals surface area contributed by atoms with Crippen LogP contribution in [0.2, 0.25) is 0 Å². The number of unbranched alkanes of at least 4 members (excludes halogenated alkanes) is 1. The third-order valence-electron chi connectivity index (χ3n) is 3.31. The molecule has 0 saturated heterocycles. The lowest BCUT2D eigenvalue weighted by atomic mass is 10.0. The Labute approximate surface area is 135 Å². The topological polar surface area (TPSA) is 102 Å². The zero-order valence-electron chi connectivity index (χ0n) is 13.5. The Hall–Kier alpha value is -2.41. The van der Waals surface area contributed by atoms with Crippen molar-refractivity contribution in [2.75, 3.05) is 20.7 Å². The molecule has 7 heteroatoms. The monoisotopic (exact) mass is 321 g/mol. The molecule has 1 rings (SSSR count). The summed E-state index contributed by atoms with van der Waals surface area (Å²) in [4.78, 5) is 34.3. The van der Waals surface area contributed by atoms with E-state index in [4.69, 9.17) is 5.84 Å². The number of nitrogens with one attached hydrogen (secondary N) is 1. The highest BCUT2D eigenvalue weighted by Gasteiger charge is 2.09. The van der Waals surface area contributed by atoms with Gasteiger partial charge in [-0.2, -0.15) is 0 Å². The molecule has 126 valence electrons. The van der Waals surface area contributed by atoms with Crippen molar-refractivity contribution >= 4 is 17.8 Å². The summed E-state index contributed by atoms with van der Waals surface area (Å²) >= 11 is 0. The third-order valence-corrected chi connectivity index (χ3v) is 3.31. The van der Waals surface area contributed by atoms with Gasteiger partial charge in [-0.05, 0) is 37.0 Å². The van der Waals surface area contributed by atoms with Crippen LogP contribution in [-0.2, 0) is 20.7 Å². The van der Waals surface area contributed by atoms with E-state index in [2.05, 4.69) is 10.1 Å². The summed E-state index contributed by atoms with van der Waals surface area (Å²) in [5, 5.41) is 3.58. The van der Waals surface area contributed by atoms with Gasteiger partial charge in [-0.25, -0.2) is 5.84 Å². The first-order valence-corrected chi connectivity index (χ1v) is 7.39. The number of ether oxygens (including phenoxy) is 1. The lowest BCUT2D eigenvalue weighted by molar-refractivity contribution is -0.139. The van der Waals surface area contributed by atoms with Gasteiger partial charge in [0.25, 0.3) is 5.91 Å². The number of amides is 2. The highest BCUT2D eigenvalue weighted by molar-refractivity contribution is 5.96. The van der Waals surface area contributed by atoms with Crippen LogP contribution in [0.25, 0.3) is 0 Å². The quantitative estimate of drug-likeness (QED) is 0.240. The van der Waals surface area contributed by atoms with E-state index in [1.807, 2.05) is 6.07 Å².